The number of hydrogen-bond donors (Lipinski definition) is 2. The fourth-order valence-corrected chi connectivity index (χ4v) is 1.08. The summed E-state index contributed by atoms with van der Waals surface area (Å²) in [7, 11) is 0. The topological polar surface area (TPSA) is 55.1 Å². The van der Waals surface area contributed by atoms with E-state index in [9.17, 15) is 4.79 Å². The van der Waals surface area contributed by atoms with Gasteiger partial charge in [-0.15, -0.1) is 0 Å². The van der Waals surface area contributed by atoms with Gasteiger partial charge in [0, 0.05) is 12.5 Å². The molecule has 1 amide bonds. The summed E-state index contributed by atoms with van der Waals surface area (Å²) in [4.78, 5) is 10.7. The Balaban J connectivity index is 3.70. The summed E-state index contributed by atoms with van der Waals surface area (Å²) in [6.45, 7) is 6.22. The van der Waals surface area contributed by atoms with E-state index in [1.807, 2.05) is 13.8 Å². The van der Waals surface area contributed by atoms with Gasteiger partial charge in [0.1, 0.15) is 0 Å². The summed E-state index contributed by atoms with van der Waals surface area (Å²) in [6.07, 6.45) is 1.89. The minimum atomic E-state index is -0.106. The summed E-state index contributed by atoms with van der Waals surface area (Å²) in [5, 5.41) is 2.86. The lowest BCUT2D eigenvalue weighted by Gasteiger charge is -2.25. The third-order valence-corrected chi connectivity index (χ3v) is 1.52. The van der Waals surface area contributed by atoms with Crippen LogP contribution in [0.2, 0.25) is 0 Å². The Kier molecular flexibility index (Phi) is 4.11. The van der Waals surface area contributed by atoms with E-state index in [4.69, 9.17) is 5.73 Å². The van der Waals surface area contributed by atoms with E-state index in [1.165, 1.54) is 6.92 Å². The molecule has 3 nitrogen and oxygen atoms in total. The number of hydrogen-bond acceptors (Lipinski definition) is 2. The molecule has 66 valence electrons. The zero-order chi connectivity index (χ0) is 8.91. The minimum Gasteiger partial charge on any atom is -0.351 e. The summed E-state index contributed by atoms with van der Waals surface area (Å²) < 4.78 is 0. The van der Waals surface area contributed by atoms with E-state index < -0.39 is 0 Å². The van der Waals surface area contributed by atoms with E-state index in [-0.39, 0.29) is 11.4 Å². The van der Waals surface area contributed by atoms with Crippen molar-refractivity contribution in [3.05, 3.63) is 0 Å². The van der Waals surface area contributed by atoms with Crippen molar-refractivity contribution in [3.63, 3.8) is 0 Å². The molecule has 3 heteroatoms. The van der Waals surface area contributed by atoms with Gasteiger partial charge in [-0.25, -0.2) is 0 Å². The van der Waals surface area contributed by atoms with E-state index in [2.05, 4.69) is 5.32 Å². The summed E-state index contributed by atoms with van der Waals surface area (Å²) in [5.41, 5.74) is 5.25. The largest absolute Gasteiger partial charge is 0.351 e. The van der Waals surface area contributed by atoms with Crippen LogP contribution in [0, 0.1) is 0 Å². The molecule has 0 aromatic heterocycles. The van der Waals surface area contributed by atoms with Crippen LogP contribution < -0.4 is 11.1 Å². The molecule has 0 saturated carbocycles. The van der Waals surface area contributed by atoms with Crippen LogP contribution in [-0.4, -0.2) is 18.0 Å². The first-order chi connectivity index (χ1) is 4.98. The highest BCUT2D eigenvalue weighted by atomic mass is 16.1. The number of amides is 1. The highest BCUT2D eigenvalue weighted by Crippen LogP contribution is 2.09. The molecule has 0 aromatic rings. The van der Waals surface area contributed by atoms with Crippen molar-refractivity contribution in [3.8, 4) is 0 Å². The first-order valence-corrected chi connectivity index (χ1v) is 3.97. The molecule has 0 atom stereocenters. The Hall–Kier alpha value is -0.570. The number of nitrogens with two attached hydrogens (primary N) is 1. The van der Waals surface area contributed by atoms with Crippen molar-refractivity contribution in [1.29, 1.82) is 0 Å². The molecule has 0 aliphatic carbocycles. The van der Waals surface area contributed by atoms with E-state index in [0.29, 0.717) is 6.54 Å². The van der Waals surface area contributed by atoms with Gasteiger partial charge in [-0.05, 0) is 33.2 Å². The van der Waals surface area contributed by atoms with Crippen LogP contribution in [-0.2, 0) is 4.79 Å². The molecule has 0 bridgehead atoms. The smallest absolute Gasteiger partial charge is 0.217 e. The van der Waals surface area contributed by atoms with Crippen LogP contribution in [0.15, 0.2) is 0 Å². The number of carbonyl (C=O) groups is 1. The van der Waals surface area contributed by atoms with Crippen LogP contribution in [0.1, 0.15) is 33.6 Å². The molecule has 0 rings (SSSR count). The molecule has 0 radical (unpaired) electrons. The number of rotatable bonds is 4. The molecule has 0 aromatic carbocycles. The van der Waals surface area contributed by atoms with Crippen molar-refractivity contribution in [2.45, 2.75) is 39.2 Å². The first kappa shape index (κ1) is 10.4. The maximum atomic E-state index is 10.7. The fraction of sp³-hybridized carbons (Fsp3) is 0.875. The Labute approximate surface area is 68.3 Å². The fourth-order valence-electron chi connectivity index (χ4n) is 1.08. The lowest BCUT2D eigenvalue weighted by molar-refractivity contribution is -0.120. The van der Waals surface area contributed by atoms with Crippen LogP contribution in [0.4, 0.5) is 0 Å². The van der Waals surface area contributed by atoms with Crippen molar-refractivity contribution in [2.75, 3.05) is 6.54 Å². The zero-order valence-corrected chi connectivity index (χ0v) is 7.61. The third-order valence-electron chi connectivity index (χ3n) is 1.52. The standard InChI is InChI=1S/C8H18N2O/c1-7(11)10-8(2,3)5-4-6-9/h4-6,9H2,1-3H3,(H,10,11). The van der Waals surface area contributed by atoms with Gasteiger partial charge in [0.2, 0.25) is 5.91 Å². The van der Waals surface area contributed by atoms with Gasteiger partial charge in [0.15, 0.2) is 0 Å². The molecule has 3 N–H and O–H groups in total. The van der Waals surface area contributed by atoms with Crippen LogP contribution >= 0.6 is 0 Å². The molecular formula is C8H18N2O. The Morgan fingerprint density at radius 3 is 2.45 bits per heavy atom. The van der Waals surface area contributed by atoms with Crippen molar-refractivity contribution in [2.24, 2.45) is 5.73 Å². The van der Waals surface area contributed by atoms with Gasteiger partial charge in [-0.1, -0.05) is 0 Å². The number of carbonyl (C=O) groups excluding carboxylic acids is 1. The van der Waals surface area contributed by atoms with Crippen molar-refractivity contribution >= 4 is 5.91 Å². The third kappa shape index (κ3) is 5.85. The molecule has 0 spiro atoms. The second-order valence-electron chi connectivity index (χ2n) is 3.46. The van der Waals surface area contributed by atoms with Gasteiger partial charge in [-0.3, -0.25) is 4.79 Å². The van der Waals surface area contributed by atoms with Gasteiger partial charge in [0.05, 0.1) is 0 Å². The highest BCUT2D eigenvalue weighted by molar-refractivity contribution is 5.73. The summed E-state index contributed by atoms with van der Waals surface area (Å²) in [5.74, 6) is 0.0204. The summed E-state index contributed by atoms with van der Waals surface area (Å²) in [6, 6.07) is 0. The Morgan fingerprint density at radius 2 is 2.09 bits per heavy atom. The monoisotopic (exact) mass is 158 g/mol. The predicted molar refractivity (Wildman–Crippen MR) is 46.2 cm³/mol. The molecule has 0 saturated heterocycles. The lowest BCUT2D eigenvalue weighted by atomic mass is 9.98. The highest BCUT2D eigenvalue weighted by Gasteiger charge is 2.16. The van der Waals surface area contributed by atoms with Crippen molar-refractivity contribution < 1.29 is 4.79 Å². The predicted octanol–water partition coefficient (Wildman–Crippen LogP) is 0.640. The Morgan fingerprint density at radius 1 is 1.55 bits per heavy atom. The van der Waals surface area contributed by atoms with Gasteiger partial charge in [0.25, 0.3) is 0 Å². The van der Waals surface area contributed by atoms with Gasteiger partial charge in [-0.2, -0.15) is 0 Å². The van der Waals surface area contributed by atoms with Crippen LogP contribution in [0.3, 0.4) is 0 Å². The molecule has 0 unspecified atom stereocenters. The maximum Gasteiger partial charge on any atom is 0.217 e. The minimum absolute atomic E-state index is 0.0204. The first-order valence-electron chi connectivity index (χ1n) is 3.97. The molecule has 11 heavy (non-hydrogen) atoms. The van der Waals surface area contributed by atoms with E-state index in [1.54, 1.807) is 0 Å². The second kappa shape index (κ2) is 4.34. The lowest BCUT2D eigenvalue weighted by Crippen LogP contribution is -2.42. The quantitative estimate of drug-likeness (QED) is 0.631. The second-order valence-corrected chi connectivity index (χ2v) is 3.46. The van der Waals surface area contributed by atoms with E-state index >= 15 is 0 Å². The SMILES string of the molecule is CC(=O)NC(C)(C)CCCN. The zero-order valence-electron chi connectivity index (χ0n) is 7.61. The molecular weight excluding hydrogens is 140 g/mol. The summed E-state index contributed by atoms with van der Waals surface area (Å²) >= 11 is 0. The van der Waals surface area contributed by atoms with E-state index in [0.717, 1.165) is 12.8 Å². The average molecular weight is 158 g/mol. The molecule has 0 aliphatic rings. The molecule has 0 fully saturated rings. The number of nitrogens with one attached hydrogen (secondary N) is 1. The normalized spacial score (nSPS) is 11.3. The van der Waals surface area contributed by atoms with Gasteiger partial charge < -0.3 is 11.1 Å². The Bertz CT molecular complexity index is 132. The van der Waals surface area contributed by atoms with Crippen molar-refractivity contribution in [1.82, 2.24) is 5.32 Å². The average Bonchev–Trinajstić information content (AvgIpc) is 1.81. The van der Waals surface area contributed by atoms with Crippen LogP contribution in [0.5, 0.6) is 0 Å². The maximum absolute atomic E-state index is 10.7. The molecule has 0 aliphatic heterocycles. The molecule has 0 heterocycles. The van der Waals surface area contributed by atoms with Crippen LogP contribution in [0.25, 0.3) is 0 Å². The van der Waals surface area contributed by atoms with Gasteiger partial charge >= 0.3 is 0 Å².